The maximum Gasteiger partial charge on any atom is 0.286 e. The second-order valence-corrected chi connectivity index (χ2v) is 6.98. The molecule has 2 aliphatic heterocycles. The number of amides is 1. The first kappa shape index (κ1) is 14.7. The van der Waals surface area contributed by atoms with Crippen molar-refractivity contribution >= 4 is 40.5 Å². The molecule has 0 N–H and O–H groups in total. The summed E-state index contributed by atoms with van der Waals surface area (Å²) in [6.45, 7) is 4.26. The average Bonchev–Trinajstić information content (AvgIpc) is 2.81. The van der Waals surface area contributed by atoms with Gasteiger partial charge in [-0.15, -0.1) is 0 Å². The van der Waals surface area contributed by atoms with Crippen LogP contribution in [0.3, 0.4) is 0 Å². The Labute approximate surface area is 134 Å². The van der Waals surface area contributed by atoms with Gasteiger partial charge in [-0.05, 0) is 54.3 Å². The summed E-state index contributed by atoms with van der Waals surface area (Å²) in [6.07, 6.45) is 4.20. The average molecular weight is 321 g/mol. The SMILES string of the molecule is CC1CCN(C2=NC(=O)/C(=C/c3cccc(Cl)c3)S2)CC1. The number of aliphatic imine (C=N–C) groups is 1. The number of benzene rings is 1. The zero-order valence-electron chi connectivity index (χ0n) is 11.9. The third kappa shape index (κ3) is 3.50. The van der Waals surface area contributed by atoms with E-state index >= 15 is 0 Å². The molecule has 0 unspecified atom stereocenters. The molecule has 0 radical (unpaired) electrons. The fourth-order valence-electron chi connectivity index (χ4n) is 2.48. The molecule has 0 aliphatic carbocycles. The predicted octanol–water partition coefficient (Wildman–Crippen LogP) is 4.04. The van der Waals surface area contributed by atoms with Crippen LogP contribution in [0.15, 0.2) is 34.2 Å². The summed E-state index contributed by atoms with van der Waals surface area (Å²) in [5.41, 5.74) is 0.932. The van der Waals surface area contributed by atoms with Crippen LogP contribution < -0.4 is 0 Å². The minimum atomic E-state index is -0.145. The molecule has 0 atom stereocenters. The van der Waals surface area contributed by atoms with Crippen molar-refractivity contribution in [1.29, 1.82) is 0 Å². The van der Waals surface area contributed by atoms with Crippen LogP contribution in [-0.4, -0.2) is 29.1 Å². The highest BCUT2D eigenvalue weighted by Gasteiger charge is 2.28. The summed E-state index contributed by atoms with van der Waals surface area (Å²) >= 11 is 7.44. The highest BCUT2D eigenvalue weighted by molar-refractivity contribution is 8.18. The quantitative estimate of drug-likeness (QED) is 0.732. The Morgan fingerprint density at radius 3 is 2.86 bits per heavy atom. The predicted molar refractivity (Wildman–Crippen MR) is 89.4 cm³/mol. The first-order chi connectivity index (χ1) is 10.1. The van der Waals surface area contributed by atoms with Crippen molar-refractivity contribution in [2.24, 2.45) is 10.9 Å². The molecule has 1 saturated heterocycles. The first-order valence-corrected chi connectivity index (χ1v) is 8.34. The van der Waals surface area contributed by atoms with Gasteiger partial charge in [0.1, 0.15) is 0 Å². The lowest BCUT2D eigenvalue weighted by molar-refractivity contribution is -0.113. The lowest BCUT2D eigenvalue weighted by Gasteiger charge is -2.30. The van der Waals surface area contributed by atoms with Crippen molar-refractivity contribution in [3.05, 3.63) is 39.8 Å². The van der Waals surface area contributed by atoms with Gasteiger partial charge in [-0.1, -0.05) is 30.7 Å². The van der Waals surface area contributed by atoms with E-state index in [1.807, 2.05) is 30.3 Å². The number of rotatable bonds is 1. The molecule has 0 saturated carbocycles. The maximum absolute atomic E-state index is 12.0. The van der Waals surface area contributed by atoms with Crippen LogP contribution in [0.2, 0.25) is 5.02 Å². The summed E-state index contributed by atoms with van der Waals surface area (Å²) < 4.78 is 0. The first-order valence-electron chi connectivity index (χ1n) is 7.15. The molecule has 0 bridgehead atoms. The van der Waals surface area contributed by atoms with Crippen LogP contribution in [0.25, 0.3) is 6.08 Å². The fraction of sp³-hybridized carbons (Fsp3) is 0.375. The van der Waals surface area contributed by atoms with E-state index in [1.165, 1.54) is 24.6 Å². The maximum atomic E-state index is 12.0. The normalized spacial score (nSPS) is 22.0. The number of nitrogens with zero attached hydrogens (tertiary/aromatic N) is 2. The summed E-state index contributed by atoms with van der Waals surface area (Å²) in [5.74, 6) is 0.624. The molecule has 1 fully saturated rings. The molecule has 5 heteroatoms. The molecule has 21 heavy (non-hydrogen) atoms. The van der Waals surface area contributed by atoms with E-state index < -0.39 is 0 Å². The van der Waals surface area contributed by atoms with Crippen LogP contribution in [0.4, 0.5) is 0 Å². The monoisotopic (exact) mass is 320 g/mol. The smallest absolute Gasteiger partial charge is 0.286 e. The summed E-state index contributed by atoms with van der Waals surface area (Å²) in [7, 11) is 0. The van der Waals surface area contributed by atoms with Gasteiger partial charge in [0.25, 0.3) is 5.91 Å². The molecule has 110 valence electrons. The van der Waals surface area contributed by atoms with E-state index in [4.69, 9.17) is 11.6 Å². The van der Waals surface area contributed by atoms with Gasteiger partial charge in [0.2, 0.25) is 0 Å². The molecule has 1 aromatic rings. The van der Waals surface area contributed by atoms with Crippen LogP contribution in [-0.2, 0) is 4.79 Å². The Morgan fingerprint density at radius 1 is 1.38 bits per heavy atom. The molecular formula is C16H17ClN2OS. The van der Waals surface area contributed by atoms with Gasteiger partial charge < -0.3 is 4.90 Å². The Bertz CT molecular complexity index is 618. The van der Waals surface area contributed by atoms with Gasteiger partial charge in [-0.2, -0.15) is 4.99 Å². The highest BCUT2D eigenvalue weighted by atomic mass is 35.5. The second-order valence-electron chi connectivity index (χ2n) is 5.53. The van der Waals surface area contributed by atoms with E-state index in [1.54, 1.807) is 0 Å². The molecule has 3 nitrogen and oxygen atoms in total. The Kier molecular flexibility index (Phi) is 4.36. The van der Waals surface area contributed by atoms with Crippen LogP contribution in [0, 0.1) is 5.92 Å². The van der Waals surface area contributed by atoms with E-state index in [2.05, 4.69) is 16.8 Å². The van der Waals surface area contributed by atoms with Crippen molar-refractivity contribution in [1.82, 2.24) is 4.90 Å². The van der Waals surface area contributed by atoms with Crippen molar-refractivity contribution in [2.75, 3.05) is 13.1 Å². The number of hydrogen-bond acceptors (Lipinski definition) is 3. The molecule has 0 spiro atoms. The summed E-state index contributed by atoms with van der Waals surface area (Å²) in [5, 5.41) is 1.52. The third-order valence-electron chi connectivity index (χ3n) is 3.81. The minimum Gasteiger partial charge on any atom is -0.351 e. The van der Waals surface area contributed by atoms with Gasteiger partial charge >= 0.3 is 0 Å². The van der Waals surface area contributed by atoms with E-state index in [9.17, 15) is 4.79 Å². The lowest BCUT2D eigenvalue weighted by atomic mass is 10.00. The molecule has 3 rings (SSSR count). The minimum absolute atomic E-state index is 0.145. The number of halogens is 1. The van der Waals surface area contributed by atoms with Gasteiger partial charge in [0, 0.05) is 18.1 Å². The number of thioether (sulfide) groups is 1. The van der Waals surface area contributed by atoms with Crippen LogP contribution >= 0.6 is 23.4 Å². The number of carbonyl (C=O) groups excluding carboxylic acids is 1. The number of likely N-dealkylation sites (tertiary alicyclic amines) is 1. The van der Waals surface area contributed by atoms with Crippen molar-refractivity contribution in [3.63, 3.8) is 0 Å². The Balaban J connectivity index is 1.73. The number of amidine groups is 1. The van der Waals surface area contributed by atoms with Crippen molar-refractivity contribution < 1.29 is 4.79 Å². The fourth-order valence-corrected chi connectivity index (χ4v) is 3.64. The highest BCUT2D eigenvalue weighted by Crippen LogP contribution is 2.32. The molecule has 1 amide bonds. The number of hydrogen-bond donors (Lipinski definition) is 0. The van der Waals surface area contributed by atoms with Crippen molar-refractivity contribution in [3.8, 4) is 0 Å². The second kappa shape index (κ2) is 6.24. The zero-order valence-corrected chi connectivity index (χ0v) is 13.5. The number of carbonyl (C=O) groups is 1. The third-order valence-corrected chi connectivity index (χ3v) is 5.09. The molecule has 2 aliphatic rings. The Hall–Kier alpha value is -1.26. The van der Waals surface area contributed by atoms with E-state index in [0.29, 0.717) is 9.93 Å². The summed E-state index contributed by atoms with van der Waals surface area (Å²) in [4.78, 5) is 19.1. The Morgan fingerprint density at radius 2 is 2.14 bits per heavy atom. The number of piperidine rings is 1. The molecule has 1 aromatic carbocycles. The summed E-state index contributed by atoms with van der Waals surface area (Å²) in [6, 6.07) is 7.49. The zero-order chi connectivity index (χ0) is 14.8. The molecule has 0 aromatic heterocycles. The molecular weight excluding hydrogens is 304 g/mol. The van der Waals surface area contributed by atoms with Crippen molar-refractivity contribution in [2.45, 2.75) is 19.8 Å². The van der Waals surface area contributed by atoms with Gasteiger partial charge in [-0.3, -0.25) is 4.79 Å². The van der Waals surface area contributed by atoms with E-state index in [0.717, 1.165) is 29.7 Å². The standard InChI is InChI=1S/C16H17ClN2OS/c1-11-5-7-19(8-6-11)16-18-15(20)14(21-16)10-12-3-2-4-13(17)9-12/h2-4,9-11H,5-8H2,1H3/b14-10-. The molecule has 2 heterocycles. The van der Waals surface area contributed by atoms with Crippen LogP contribution in [0.1, 0.15) is 25.3 Å². The van der Waals surface area contributed by atoms with Gasteiger partial charge in [-0.25, -0.2) is 0 Å². The van der Waals surface area contributed by atoms with E-state index in [-0.39, 0.29) is 5.91 Å². The lowest BCUT2D eigenvalue weighted by Crippen LogP contribution is -2.35. The van der Waals surface area contributed by atoms with Gasteiger partial charge in [0.05, 0.1) is 4.91 Å². The topological polar surface area (TPSA) is 32.7 Å². The van der Waals surface area contributed by atoms with Gasteiger partial charge in [0.15, 0.2) is 5.17 Å². The van der Waals surface area contributed by atoms with Crippen LogP contribution in [0.5, 0.6) is 0 Å². The largest absolute Gasteiger partial charge is 0.351 e.